The van der Waals surface area contributed by atoms with E-state index >= 15 is 0 Å². The summed E-state index contributed by atoms with van der Waals surface area (Å²) in [5.74, 6) is -0.104. The zero-order chi connectivity index (χ0) is 27.2. The van der Waals surface area contributed by atoms with E-state index in [1.807, 2.05) is 0 Å². The van der Waals surface area contributed by atoms with Crippen LogP contribution in [-0.2, 0) is 19.0 Å². The van der Waals surface area contributed by atoms with Gasteiger partial charge in [0.15, 0.2) is 0 Å². The third kappa shape index (κ3) is 27.9. The van der Waals surface area contributed by atoms with Gasteiger partial charge in [-0.05, 0) is 59.0 Å². The van der Waals surface area contributed by atoms with Gasteiger partial charge in [-0.2, -0.15) is 0 Å². The van der Waals surface area contributed by atoms with E-state index in [4.69, 9.17) is 9.47 Å². The predicted molar refractivity (Wildman–Crippen MR) is 158 cm³/mol. The molecule has 0 bridgehead atoms. The summed E-state index contributed by atoms with van der Waals surface area (Å²) in [6, 6.07) is 0.314. The van der Waals surface area contributed by atoms with Crippen LogP contribution in [0.4, 0.5) is 0 Å². The number of ether oxygens (including phenoxy) is 3. The lowest BCUT2D eigenvalue weighted by molar-refractivity contribution is -0.140. The number of hydrogen-bond donors (Lipinski definition) is 0. The molecule has 1 atom stereocenters. The first-order valence-electron chi connectivity index (χ1n) is 15.7. The Bertz CT molecular complexity index is 495. The fraction of sp³-hybridized carbons (Fsp3) is 0.906. The second kappa shape index (κ2) is 29.6. The SMILES string of the molecule is CCCCCCCCC=CCCCCCCCCOCC(COCCCCCCCC(=O)OC)N(C)C. The van der Waals surface area contributed by atoms with E-state index in [1.165, 1.54) is 90.6 Å². The van der Waals surface area contributed by atoms with Crippen molar-refractivity contribution < 1.29 is 19.0 Å². The number of methoxy groups -OCH3 is 1. The van der Waals surface area contributed by atoms with E-state index in [9.17, 15) is 4.79 Å². The van der Waals surface area contributed by atoms with Gasteiger partial charge in [-0.15, -0.1) is 0 Å². The summed E-state index contributed by atoms with van der Waals surface area (Å²) in [7, 11) is 5.65. The summed E-state index contributed by atoms with van der Waals surface area (Å²) >= 11 is 0. The lowest BCUT2D eigenvalue weighted by Crippen LogP contribution is -2.37. The first-order chi connectivity index (χ1) is 18.1. The highest BCUT2D eigenvalue weighted by atomic mass is 16.5. The molecular weight excluding hydrogens is 462 g/mol. The number of allylic oxidation sites excluding steroid dienone is 2. The lowest BCUT2D eigenvalue weighted by atomic mass is 10.1. The summed E-state index contributed by atoms with van der Waals surface area (Å²) in [6.45, 7) is 5.41. The Labute approximate surface area is 231 Å². The highest BCUT2D eigenvalue weighted by Gasteiger charge is 2.11. The fourth-order valence-corrected chi connectivity index (χ4v) is 4.34. The number of nitrogens with zero attached hydrogens (tertiary/aromatic N) is 1. The van der Waals surface area contributed by atoms with Gasteiger partial charge in [-0.1, -0.05) is 96.1 Å². The number of hydrogen-bond acceptors (Lipinski definition) is 5. The van der Waals surface area contributed by atoms with Crippen molar-refractivity contribution in [1.29, 1.82) is 0 Å². The third-order valence-corrected chi connectivity index (χ3v) is 7.05. The molecule has 0 heterocycles. The summed E-state index contributed by atoms with van der Waals surface area (Å²) in [4.78, 5) is 13.3. The number of carbonyl (C=O) groups is 1. The van der Waals surface area contributed by atoms with Gasteiger partial charge in [0, 0.05) is 19.6 Å². The Hall–Kier alpha value is -0.910. The molecule has 0 aromatic rings. The molecule has 0 spiro atoms. The minimum Gasteiger partial charge on any atom is -0.469 e. The average Bonchev–Trinajstić information content (AvgIpc) is 2.89. The Morgan fingerprint density at radius 1 is 0.649 bits per heavy atom. The Balaban J connectivity index is 3.44. The zero-order valence-corrected chi connectivity index (χ0v) is 25.3. The molecule has 0 aliphatic heterocycles. The van der Waals surface area contributed by atoms with Crippen LogP contribution in [0.15, 0.2) is 12.2 Å². The molecule has 37 heavy (non-hydrogen) atoms. The molecule has 5 heteroatoms. The molecule has 0 N–H and O–H groups in total. The van der Waals surface area contributed by atoms with Crippen LogP contribution in [0.1, 0.15) is 135 Å². The van der Waals surface area contributed by atoms with Crippen LogP contribution in [0.5, 0.6) is 0 Å². The number of unbranched alkanes of at least 4 members (excludes halogenated alkanes) is 16. The lowest BCUT2D eigenvalue weighted by Gasteiger charge is -2.24. The largest absolute Gasteiger partial charge is 0.469 e. The van der Waals surface area contributed by atoms with E-state index in [-0.39, 0.29) is 5.97 Å². The van der Waals surface area contributed by atoms with Crippen LogP contribution in [0.25, 0.3) is 0 Å². The van der Waals surface area contributed by atoms with Crippen LogP contribution >= 0.6 is 0 Å². The van der Waals surface area contributed by atoms with Gasteiger partial charge in [0.25, 0.3) is 0 Å². The first kappa shape index (κ1) is 36.1. The van der Waals surface area contributed by atoms with Crippen LogP contribution in [0, 0.1) is 0 Å². The second-order valence-corrected chi connectivity index (χ2v) is 10.8. The van der Waals surface area contributed by atoms with Crippen LogP contribution in [0.2, 0.25) is 0 Å². The minimum absolute atomic E-state index is 0.104. The quantitative estimate of drug-likeness (QED) is 0.0556. The van der Waals surface area contributed by atoms with E-state index in [1.54, 1.807) is 0 Å². The molecule has 0 saturated carbocycles. The van der Waals surface area contributed by atoms with Gasteiger partial charge < -0.3 is 19.1 Å². The molecule has 220 valence electrons. The Morgan fingerprint density at radius 2 is 1.08 bits per heavy atom. The molecule has 0 aromatic heterocycles. The topological polar surface area (TPSA) is 48.0 Å². The highest BCUT2D eigenvalue weighted by Crippen LogP contribution is 2.10. The first-order valence-corrected chi connectivity index (χ1v) is 15.7. The molecule has 0 radical (unpaired) electrons. The number of carbonyl (C=O) groups excluding carboxylic acids is 1. The van der Waals surface area contributed by atoms with Crippen molar-refractivity contribution in [3.05, 3.63) is 12.2 Å². The maximum absolute atomic E-state index is 11.1. The molecule has 0 aliphatic rings. The average molecular weight is 526 g/mol. The standard InChI is InChI=1S/C32H63NO4/c1-5-6-7-8-9-10-11-12-13-14-15-16-17-18-21-24-27-36-29-31(33(2)3)30-37-28-25-22-19-20-23-26-32(34)35-4/h12-13,31H,5-11,14-30H2,1-4H3. The van der Waals surface area contributed by atoms with Crippen molar-refractivity contribution in [2.75, 3.05) is 47.6 Å². The van der Waals surface area contributed by atoms with E-state index in [2.05, 4.69) is 42.8 Å². The van der Waals surface area contributed by atoms with Crippen LogP contribution in [-0.4, -0.2) is 64.5 Å². The van der Waals surface area contributed by atoms with Gasteiger partial charge in [-0.3, -0.25) is 4.79 Å². The predicted octanol–water partition coefficient (Wildman–Crippen LogP) is 8.50. The fourth-order valence-electron chi connectivity index (χ4n) is 4.34. The van der Waals surface area contributed by atoms with Crippen molar-refractivity contribution in [1.82, 2.24) is 4.90 Å². The van der Waals surface area contributed by atoms with Crippen molar-refractivity contribution >= 4 is 5.97 Å². The Kier molecular flexibility index (Phi) is 28.9. The van der Waals surface area contributed by atoms with Gasteiger partial charge in [-0.25, -0.2) is 0 Å². The van der Waals surface area contributed by atoms with Gasteiger partial charge in [0.1, 0.15) is 0 Å². The molecule has 1 unspecified atom stereocenters. The maximum atomic E-state index is 11.1. The second-order valence-electron chi connectivity index (χ2n) is 10.8. The molecule has 0 aliphatic carbocycles. The van der Waals surface area contributed by atoms with Crippen molar-refractivity contribution in [3.8, 4) is 0 Å². The van der Waals surface area contributed by atoms with Gasteiger partial charge >= 0.3 is 5.97 Å². The van der Waals surface area contributed by atoms with Crippen LogP contribution in [0.3, 0.4) is 0 Å². The normalized spacial score (nSPS) is 12.6. The summed E-state index contributed by atoms with van der Waals surface area (Å²) in [5, 5.41) is 0. The smallest absolute Gasteiger partial charge is 0.305 e. The zero-order valence-electron chi connectivity index (χ0n) is 25.3. The van der Waals surface area contributed by atoms with Crippen LogP contribution < -0.4 is 0 Å². The third-order valence-electron chi connectivity index (χ3n) is 7.05. The van der Waals surface area contributed by atoms with E-state index in [0.717, 1.165) is 65.0 Å². The monoisotopic (exact) mass is 525 g/mol. The minimum atomic E-state index is -0.104. The summed E-state index contributed by atoms with van der Waals surface area (Å²) in [6.07, 6.45) is 29.4. The molecule has 5 nitrogen and oxygen atoms in total. The van der Waals surface area contributed by atoms with E-state index in [0.29, 0.717) is 12.5 Å². The van der Waals surface area contributed by atoms with Gasteiger partial charge in [0.05, 0.1) is 26.4 Å². The number of rotatable bonds is 29. The molecule has 0 aromatic carbocycles. The molecular formula is C32H63NO4. The summed E-state index contributed by atoms with van der Waals surface area (Å²) < 4.78 is 16.5. The number of esters is 1. The molecule has 0 amide bonds. The molecule has 0 fully saturated rings. The molecule has 0 rings (SSSR count). The summed E-state index contributed by atoms with van der Waals surface area (Å²) in [5.41, 5.74) is 0. The maximum Gasteiger partial charge on any atom is 0.305 e. The Morgan fingerprint density at radius 3 is 1.54 bits per heavy atom. The van der Waals surface area contributed by atoms with Crippen molar-refractivity contribution in [2.45, 2.75) is 141 Å². The van der Waals surface area contributed by atoms with Gasteiger partial charge in [0.2, 0.25) is 0 Å². The van der Waals surface area contributed by atoms with E-state index < -0.39 is 0 Å². The number of likely N-dealkylation sites (N-methyl/N-ethyl adjacent to an activating group) is 1. The molecule has 0 saturated heterocycles. The van der Waals surface area contributed by atoms with Crippen molar-refractivity contribution in [2.24, 2.45) is 0 Å². The highest BCUT2D eigenvalue weighted by molar-refractivity contribution is 5.68. The van der Waals surface area contributed by atoms with Crippen molar-refractivity contribution in [3.63, 3.8) is 0 Å².